The van der Waals surface area contributed by atoms with Gasteiger partial charge in [-0.15, -0.1) is 0 Å². The molecule has 1 fully saturated rings. The van der Waals surface area contributed by atoms with Crippen molar-refractivity contribution < 1.29 is 0 Å². The summed E-state index contributed by atoms with van der Waals surface area (Å²) >= 11 is 0. The zero-order valence-corrected chi connectivity index (χ0v) is 11.1. The minimum absolute atomic E-state index is 0.383. The Morgan fingerprint density at radius 1 is 1.06 bits per heavy atom. The molecule has 0 spiro atoms. The van der Waals surface area contributed by atoms with E-state index in [1.54, 1.807) is 11.1 Å². The minimum atomic E-state index is 0.383. The molecule has 2 atom stereocenters. The number of aryl methyl sites for hydroxylation is 1. The first-order valence-corrected chi connectivity index (χ1v) is 7.42. The van der Waals surface area contributed by atoms with Crippen LogP contribution < -0.4 is 5.73 Å². The maximum atomic E-state index is 6.15. The Hall–Kier alpha value is -0.860. The fourth-order valence-electron chi connectivity index (χ4n) is 3.60. The molecule has 2 aliphatic rings. The van der Waals surface area contributed by atoms with Crippen LogP contribution in [0, 0.1) is 0 Å². The van der Waals surface area contributed by atoms with Gasteiger partial charge < -0.3 is 5.73 Å². The summed E-state index contributed by atoms with van der Waals surface area (Å²) in [4.78, 5) is 2.64. The van der Waals surface area contributed by atoms with Gasteiger partial charge in [0.2, 0.25) is 0 Å². The fraction of sp³-hybridized carbons (Fsp3) is 0.625. The Morgan fingerprint density at radius 3 is 2.83 bits per heavy atom. The molecular formula is C16H24N2. The Bertz CT molecular complexity index is 402. The first kappa shape index (κ1) is 12.2. The average Bonchev–Trinajstić information content (AvgIpc) is 2.61. The summed E-state index contributed by atoms with van der Waals surface area (Å²) in [5.74, 6) is 0. The third-order valence-corrected chi connectivity index (χ3v) is 4.52. The number of piperidine rings is 1. The molecule has 0 aromatic heterocycles. The summed E-state index contributed by atoms with van der Waals surface area (Å²) in [7, 11) is 0. The van der Waals surface area contributed by atoms with Gasteiger partial charge in [0.25, 0.3) is 0 Å². The zero-order valence-electron chi connectivity index (χ0n) is 11.1. The van der Waals surface area contributed by atoms with Crippen molar-refractivity contribution in [3.8, 4) is 0 Å². The second-order valence-electron chi connectivity index (χ2n) is 5.86. The third kappa shape index (κ3) is 2.45. The van der Waals surface area contributed by atoms with Crippen LogP contribution in [0.15, 0.2) is 24.3 Å². The van der Waals surface area contributed by atoms with E-state index in [1.807, 2.05) is 0 Å². The summed E-state index contributed by atoms with van der Waals surface area (Å²) in [6, 6.07) is 10.0. The van der Waals surface area contributed by atoms with E-state index >= 15 is 0 Å². The zero-order chi connectivity index (χ0) is 12.4. The third-order valence-electron chi connectivity index (χ3n) is 4.52. The van der Waals surface area contributed by atoms with E-state index in [-0.39, 0.29) is 0 Å². The molecular weight excluding hydrogens is 220 g/mol. The van der Waals surface area contributed by atoms with E-state index in [0.29, 0.717) is 12.1 Å². The normalized spacial score (nSPS) is 29.6. The molecule has 1 saturated heterocycles. The molecule has 0 saturated carbocycles. The van der Waals surface area contributed by atoms with E-state index in [0.717, 1.165) is 6.54 Å². The lowest BCUT2D eigenvalue weighted by atomic mass is 9.95. The largest absolute Gasteiger partial charge is 0.327 e. The summed E-state index contributed by atoms with van der Waals surface area (Å²) in [5, 5.41) is 0. The Labute approximate surface area is 110 Å². The van der Waals surface area contributed by atoms with Crippen molar-refractivity contribution >= 4 is 0 Å². The number of nitrogens with zero attached hydrogens (tertiary/aromatic N) is 1. The summed E-state index contributed by atoms with van der Waals surface area (Å²) in [6.45, 7) is 2.31. The number of nitrogens with two attached hydrogens (primary N) is 1. The van der Waals surface area contributed by atoms with Crippen molar-refractivity contribution in [3.63, 3.8) is 0 Å². The van der Waals surface area contributed by atoms with Crippen LogP contribution in [0.1, 0.15) is 49.3 Å². The summed E-state index contributed by atoms with van der Waals surface area (Å²) in [5.41, 5.74) is 9.29. The van der Waals surface area contributed by atoms with Crippen LogP contribution >= 0.6 is 0 Å². The molecule has 1 aliphatic heterocycles. The maximum Gasteiger partial charge on any atom is 0.0351 e. The maximum absolute atomic E-state index is 6.15. The van der Waals surface area contributed by atoms with Crippen molar-refractivity contribution in [1.82, 2.24) is 4.90 Å². The number of rotatable bonds is 1. The van der Waals surface area contributed by atoms with Crippen LogP contribution in [0.25, 0.3) is 0 Å². The van der Waals surface area contributed by atoms with Gasteiger partial charge in [0.1, 0.15) is 0 Å². The number of fused-ring (bicyclic) bond motifs is 1. The van der Waals surface area contributed by atoms with Gasteiger partial charge in [0, 0.05) is 18.6 Å². The predicted octanol–water partition coefficient (Wildman–Crippen LogP) is 2.88. The van der Waals surface area contributed by atoms with Gasteiger partial charge >= 0.3 is 0 Å². The van der Waals surface area contributed by atoms with Crippen molar-refractivity contribution in [2.75, 3.05) is 13.1 Å². The smallest absolute Gasteiger partial charge is 0.0351 e. The van der Waals surface area contributed by atoms with Crippen molar-refractivity contribution in [2.45, 2.75) is 50.6 Å². The lowest BCUT2D eigenvalue weighted by molar-refractivity contribution is 0.141. The van der Waals surface area contributed by atoms with Gasteiger partial charge in [0.05, 0.1) is 0 Å². The molecule has 0 amide bonds. The van der Waals surface area contributed by atoms with E-state index in [1.165, 1.54) is 45.1 Å². The molecule has 2 N–H and O–H groups in total. The molecule has 1 heterocycles. The minimum Gasteiger partial charge on any atom is -0.327 e. The molecule has 2 heteroatoms. The van der Waals surface area contributed by atoms with Crippen LogP contribution in [-0.2, 0) is 6.42 Å². The molecule has 2 nitrogen and oxygen atoms in total. The Balaban J connectivity index is 1.86. The van der Waals surface area contributed by atoms with Gasteiger partial charge in [-0.05, 0) is 49.8 Å². The van der Waals surface area contributed by atoms with Crippen LogP contribution in [0.3, 0.4) is 0 Å². The van der Waals surface area contributed by atoms with Crippen molar-refractivity contribution in [3.05, 3.63) is 35.4 Å². The molecule has 0 bridgehead atoms. The van der Waals surface area contributed by atoms with E-state index in [9.17, 15) is 0 Å². The number of benzene rings is 1. The molecule has 1 aromatic carbocycles. The number of hydrogen-bond acceptors (Lipinski definition) is 2. The van der Waals surface area contributed by atoms with Crippen LogP contribution in [0.5, 0.6) is 0 Å². The summed E-state index contributed by atoms with van der Waals surface area (Å²) < 4.78 is 0. The molecule has 1 aromatic rings. The second kappa shape index (κ2) is 5.41. The van der Waals surface area contributed by atoms with Crippen molar-refractivity contribution in [1.29, 1.82) is 0 Å². The van der Waals surface area contributed by atoms with Crippen LogP contribution in [-0.4, -0.2) is 24.0 Å². The van der Waals surface area contributed by atoms with Gasteiger partial charge in [-0.25, -0.2) is 0 Å². The molecule has 0 radical (unpaired) electrons. The monoisotopic (exact) mass is 244 g/mol. The van der Waals surface area contributed by atoms with Gasteiger partial charge in [-0.2, -0.15) is 0 Å². The molecule has 3 rings (SSSR count). The predicted molar refractivity (Wildman–Crippen MR) is 75.5 cm³/mol. The van der Waals surface area contributed by atoms with Gasteiger partial charge in [0.15, 0.2) is 0 Å². The van der Waals surface area contributed by atoms with Crippen LogP contribution in [0.2, 0.25) is 0 Å². The molecule has 2 unspecified atom stereocenters. The Morgan fingerprint density at radius 2 is 1.94 bits per heavy atom. The highest BCUT2D eigenvalue weighted by Crippen LogP contribution is 2.34. The highest BCUT2D eigenvalue weighted by molar-refractivity contribution is 5.31. The molecule has 98 valence electrons. The average molecular weight is 244 g/mol. The standard InChI is InChI=1S/C16H24N2/c17-14-8-5-11-18(12-14)16-10-4-2-7-13-6-1-3-9-15(13)16/h1,3,6,9,14,16H,2,4-5,7-8,10-12,17H2. The lowest BCUT2D eigenvalue weighted by Crippen LogP contribution is -2.44. The topological polar surface area (TPSA) is 29.3 Å². The van der Waals surface area contributed by atoms with E-state index in [4.69, 9.17) is 5.73 Å². The van der Waals surface area contributed by atoms with Gasteiger partial charge in [-0.1, -0.05) is 30.7 Å². The summed E-state index contributed by atoms with van der Waals surface area (Å²) in [6.07, 6.45) is 7.72. The second-order valence-corrected chi connectivity index (χ2v) is 5.86. The first-order chi connectivity index (χ1) is 8.84. The number of hydrogen-bond donors (Lipinski definition) is 1. The lowest BCUT2D eigenvalue weighted by Gasteiger charge is -2.37. The fourth-order valence-corrected chi connectivity index (χ4v) is 3.60. The van der Waals surface area contributed by atoms with E-state index < -0.39 is 0 Å². The van der Waals surface area contributed by atoms with Crippen LogP contribution in [0.4, 0.5) is 0 Å². The highest BCUT2D eigenvalue weighted by Gasteiger charge is 2.27. The van der Waals surface area contributed by atoms with Crippen molar-refractivity contribution in [2.24, 2.45) is 5.73 Å². The Kier molecular flexibility index (Phi) is 3.67. The molecule has 1 aliphatic carbocycles. The SMILES string of the molecule is NC1CCCN(C2CCCCc3ccccc32)C1. The quantitative estimate of drug-likeness (QED) is 0.770. The first-order valence-electron chi connectivity index (χ1n) is 7.42. The van der Waals surface area contributed by atoms with E-state index in [2.05, 4.69) is 29.2 Å². The van der Waals surface area contributed by atoms with Gasteiger partial charge in [-0.3, -0.25) is 4.90 Å². The molecule has 18 heavy (non-hydrogen) atoms. The highest BCUT2D eigenvalue weighted by atomic mass is 15.2. The number of likely N-dealkylation sites (tertiary alicyclic amines) is 1.